The highest BCUT2D eigenvalue weighted by Crippen LogP contribution is 2.34. The Morgan fingerprint density at radius 2 is 1.71 bits per heavy atom. The first-order valence-corrected chi connectivity index (χ1v) is 11.4. The van der Waals surface area contributed by atoms with E-state index in [1.807, 2.05) is 6.07 Å². The lowest BCUT2D eigenvalue weighted by Gasteiger charge is -2.15. The highest BCUT2D eigenvalue weighted by molar-refractivity contribution is 7.19. The van der Waals surface area contributed by atoms with Crippen molar-refractivity contribution in [2.24, 2.45) is 0 Å². The molecule has 0 aliphatic carbocycles. The van der Waals surface area contributed by atoms with E-state index in [9.17, 15) is 14.4 Å². The third-order valence-corrected chi connectivity index (χ3v) is 6.03. The number of anilines is 2. The Kier molecular flexibility index (Phi) is 8.26. The minimum absolute atomic E-state index is 0.145. The summed E-state index contributed by atoms with van der Waals surface area (Å²) in [5.74, 6) is -0.438. The Labute approximate surface area is 201 Å². The topological polar surface area (TPSA) is 103 Å². The minimum atomic E-state index is -0.883. The molecule has 34 heavy (non-hydrogen) atoms. The maximum Gasteiger partial charge on any atom is 0.341 e. The van der Waals surface area contributed by atoms with Gasteiger partial charge in [-0.1, -0.05) is 24.3 Å². The fourth-order valence-electron chi connectivity index (χ4n) is 3.12. The number of rotatable bonds is 9. The molecule has 3 rings (SSSR count). The largest absolute Gasteiger partial charge is 0.497 e. The Bertz CT molecular complexity index is 1180. The van der Waals surface area contributed by atoms with Gasteiger partial charge in [0, 0.05) is 11.8 Å². The van der Waals surface area contributed by atoms with E-state index in [0.29, 0.717) is 27.6 Å². The van der Waals surface area contributed by atoms with Gasteiger partial charge in [-0.15, -0.1) is 11.3 Å². The summed E-state index contributed by atoms with van der Waals surface area (Å²) in [6.45, 7) is 5.07. The Morgan fingerprint density at radius 3 is 2.38 bits per heavy atom. The van der Waals surface area contributed by atoms with Gasteiger partial charge in [0.05, 0.1) is 24.2 Å². The fourth-order valence-corrected chi connectivity index (χ4v) is 4.22. The van der Waals surface area contributed by atoms with Crippen LogP contribution in [-0.2, 0) is 9.53 Å². The number of benzene rings is 2. The quantitative estimate of drug-likeness (QED) is 0.421. The second-order valence-corrected chi connectivity index (χ2v) is 8.25. The number of thiophene rings is 1. The maximum absolute atomic E-state index is 12.9. The lowest BCUT2D eigenvalue weighted by atomic mass is 10.1. The molecule has 1 heterocycles. The number of ether oxygens (including phenoxy) is 3. The van der Waals surface area contributed by atoms with Gasteiger partial charge in [0.15, 0.2) is 6.10 Å². The molecule has 0 bridgehead atoms. The molecule has 1 aromatic heterocycles. The molecule has 3 aromatic rings. The second kappa shape index (κ2) is 11.3. The molecule has 0 radical (unpaired) electrons. The zero-order valence-corrected chi connectivity index (χ0v) is 20.2. The number of amides is 2. The first-order chi connectivity index (χ1) is 16.3. The van der Waals surface area contributed by atoms with E-state index in [-0.39, 0.29) is 23.1 Å². The summed E-state index contributed by atoms with van der Waals surface area (Å²) in [5.41, 5.74) is 1.18. The number of hydrogen-bond acceptors (Lipinski definition) is 7. The van der Waals surface area contributed by atoms with E-state index in [0.717, 1.165) is 11.3 Å². The number of nitrogens with one attached hydrogen (secondary N) is 2. The minimum Gasteiger partial charge on any atom is -0.497 e. The summed E-state index contributed by atoms with van der Waals surface area (Å²) < 4.78 is 16.1. The Balaban J connectivity index is 1.83. The van der Waals surface area contributed by atoms with Crippen LogP contribution in [0.15, 0.2) is 54.6 Å². The SMILES string of the molecule is CCOC(=O)c1c(NC(=O)C(C)Oc2cccc(OC)c2)sc(C(=O)Nc2ccccc2)c1C. The highest BCUT2D eigenvalue weighted by atomic mass is 32.1. The van der Waals surface area contributed by atoms with Crippen LogP contribution in [0.5, 0.6) is 11.5 Å². The smallest absolute Gasteiger partial charge is 0.341 e. The average molecular weight is 483 g/mol. The Hall–Kier alpha value is -3.85. The van der Waals surface area contributed by atoms with Crippen molar-refractivity contribution in [3.8, 4) is 11.5 Å². The van der Waals surface area contributed by atoms with Crippen LogP contribution in [-0.4, -0.2) is 37.6 Å². The normalized spacial score (nSPS) is 11.3. The first kappa shape index (κ1) is 24.8. The predicted octanol–water partition coefficient (Wildman–Crippen LogP) is 4.90. The molecular weight excluding hydrogens is 456 g/mol. The van der Waals surface area contributed by atoms with Gasteiger partial charge in [-0.3, -0.25) is 9.59 Å². The molecule has 0 fully saturated rings. The molecule has 0 aliphatic heterocycles. The summed E-state index contributed by atoms with van der Waals surface area (Å²) in [6.07, 6.45) is -0.883. The lowest BCUT2D eigenvalue weighted by molar-refractivity contribution is -0.122. The fraction of sp³-hybridized carbons (Fsp3) is 0.240. The van der Waals surface area contributed by atoms with Gasteiger partial charge in [-0.05, 0) is 50.6 Å². The molecule has 2 N–H and O–H groups in total. The summed E-state index contributed by atoms with van der Waals surface area (Å²) in [6, 6.07) is 15.8. The molecule has 8 nitrogen and oxygen atoms in total. The third kappa shape index (κ3) is 5.93. The monoisotopic (exact) mass is 482 g/mol. The average Bonchev–Trinajstić information content (AvgIpc) is 3.15. The van der Waals surface area contributed by atoms with Gasteiger partial charge in [0.25, 0.3) is 11.8 Å². The first-order valence-electron chi connectivity index (χ1n) is 10.6. The molecule has 2 aromatic carbocycles. The van der Waals surface area contributed by atoms with Crippen LogP contribution in [0.2, 0.25) is 0 Å². The van der Waals surface area contributed by atoms with Gasteiger partial charge < -0.3 is 24.8 Å². The van der Waals surface area contributed by atoms with Crippen molar-refractivity contribution in [3.05, 3.63) is 70.6 Å². The molecular formula is C25H26N2O6S. The highest BCUT2D eigenvalue weighted by Gasteiger charge is 2.28. The lowest BCUT2D eigenvalue weighted by Crippen LogP contribution is -2.30. The van der Waals surface area contributed by atoms with Crippen molar-refractivity contribution in [1.29, 1.82) is 0 Å². The van der Waals surface area contributed by atoms with Crippen molar-refractivity contribution in [2.75, 3.05) is 24.4 Å². The van der Waals surface area contributed by atoms with Gasteiger partial charge >= 0.3 is 5.97 Å². The molecule has 0 aliphatic rings. The van der Waals surface area contributed by atoms with Crippen molar-refractivity contribution in [2.45, 2.75) is 26.9 Å². The molecule has 1 unspecified atom stereocenters. The van der Waals surface area contributed by atoms with Gasteiger partial charge in [0.2, 0.25) is 0 Å². The molecule has 1 atom stereocenters. The van der Waals surface area contributed by atoms with Crippen LogP contribution in [0.4, 0.5) is 10.7 Å². The van der Waals surface area contributed by atoms with Crippen LogP contribution in [0, 0.1) is 6.92 Å². The van der Waals surface area contributed by atoms with Gasteiger partial charge in [-0.2, -0.15) is 0 Å². The van der Waals surface area contributed by atoms with E-state index >= 15 is 0 Å². The van der Waals surface area contributed by atoms with Crippen LogP contribution in [0.1, 0.15) is 39.4 Å². The summed E-state index contributed by atoms with van der Waals surface area (Å²) in [7, 11) is 1.54. The predicted molar refractivity (Wildman–Crippen MR) is 131 cm³/mol. The van der Waals surface area contributed by atoms with Crippen LogP contribution < -0.4 is 20.1 Å². The van der Waals surface area contributed by atoms with Crippen LogP contribution >= 0.6 is 11.3 Å². The second-order valence-electron chi connectivity index (χ2n) is 7.23. The van der Waals surface area contributed by atoms with Gasteiger partial charge in [-0.25, -0.2) is 4.79 Å². The number of methoxy groups -OCH3 is 1. The van der Waals surface area contributed by atoms with Crippen molar-refractivity contribution in [1.82, 2.24) is 0 Å². The van der Waals surface area contributed by atoms with Crippen molar-refractivity contribution >= 4 is 39.8 Å². The van der Waals surface area contributed by atoms with E-state index in [1.165, 1.54) is 7.11 Å². The molecule has 9 heteroatoms. The van der Waals surface area contributed by atoms with Crippen LogP contribution in [0.25, 0.3) is 0 Å². The number of para-hydroxylation sites is 1. The zero-order valence-electron chi connectivity index (χ0n) is 19.3. The van der Waals surface area contributed by atoms with Crippen molar-refractivity contribution in [3.63, 3.8) is 0 Å². The van der Waals surface area contributed by atoms with Crippen molar-refractivity contribution < 1.29 is 28.6 Å². The van der Waals surface area contributed by atoms with Crippen LogP contribution in [0.3, 0.4) is 0 Å². The molecule has 2 amide bonds. The number of esters is 1. The Morgan fingerprint density at radius 1 is 1.00 bits per heavy atom. The van der Waals surface area contributed by atoms with E-state index in [1.54, 1.807) is 69.3 Å². The summed E-state index contributed by atoms with van der Waals surface area (Å²) in [4.78, 5) is 38.7. The molecule has 0 spiro atoms. The maximum atomic E-state index is 12.9. The summed E-state index contributed by atoms with van der Waals surface area (Å²) >= 11 is 1.01. The zero-order chi connectivity index (χ0) is 24.7. The van der Waals surface area contributed by atoms with E-state index in [2.05, 4.69) is 10.6 Å². The molecule has 178 valence electrons. The number of carbonyl (C=O) groups is 3. The number of hydrogen-bond donors (Lipinski definition) is 2. The number of carbonyl (C=O) groups excluding carboxylic acids is 3. The molecule has 0 saturated carbocycles. The standard InChI is InChI=1S/C25H26N2O6S/c1-5-32-25(30)20-15(2)21(23(29)26-17-10-7-6-8-11-17)34-24(20)27-22(28)16(3)33-19-13-9-12-18(14-19)31-4/h6-14,16H,5H2,1-4H3,(H,26,29)(H,27,28). The van der Waals surface area contributed by atoms with Gasteiger partial charge in [0.1, 0.15) is 16.5 Å². The third-order valence-electron chi connectivity index (χ3n) is 4.82. The van der Waals surface area contributed by atoms with E-state index < -0.39 is 18.0 Å². The van der Waals surface area contributed by atoms with E-state index in [4.69, 9.17) is 14.2 Å². The molecule has 0 saturated heterocycles. The summed E-state index contributed by atoms with van der Waals surface area (Å²) in [5, 5.41) is 5.74.